The molecule has 0 fully saturated rings. The number of alkyl halides is 3. The maximum absolute atomic E-state index is 12.6. The van der Waals surface area contributed by atoms with Gasteiger partial charge in [0.2, 0.25) is 0 Å². The molecule has 88 valence electrons. The monoisotopic (exact) mass is 239 g/mol. The molecule has 0 unspecified atom stereocenters. The standard InChI is InChI=1S/C11H8F3N3/c12-11(13,14)8-5-9(17-10(15)6-8)7-1-3-16-4-2-7/h1-6H,(H2,15,17). The summed E-state index contributed by atoms with van der Waals surface area (Å²) in [4.78, 5) is 7.65. The minimum atomic E-state index is -4.43. The quantitative estimate of drug-likeness (QED) is 0.832. The third-order valence-electron chi connectivity index (χ3n) is 2.15. The second-order valence-electron chi connectivity index (χ2n) is 3.40. The number of hydrogen-bond acceptors (Lipinski definition) is 3. The van der Waals surface area contributed by atoms with Crippen molar-refractivity contribution in [1.29, 1.82) is 0 Å². The molecule has 0 saturated heterocycles. The Morgan fingerprint density at radius 2 is 1.71 bits per heavy atom. The van der Waals surface area contributed by atoms with Crippen LogP contribution in [0.2, 0.25) is 0 Å². The summed E-state index contributed by atoms with van der Waals surface area (Å²) in [5.74, 6) is -0.161. The molecule has 0 aliphatic heterocycles. The molecule has 2 heterocycles. The van der Waals surface area contributed by atoms with E-state index < -0.39 is 11.7 Å². The van der Waals surface area contributed by atoms with Gasteiger partial charge in [0.05, 0.1) is 11.3 Å². The average Bonchev–Trinajstić information content (AvgIpc) is 2.28. The second-order valence-corrected chi connectivity index (χ2v) is 3.40. The van der Waals surface area contributed by atoms with Gasteiger partial charge < -0.3 is 5.73 Å². The van der Waals surface area contributed by atoms with Crippen molar-refractivity contribution >= 4 is 5.82 Å². The van der Waals surface area contributed by atoms with E-state index in [4.69, 9.17) is 5.73 Å². The van der Waals surface area contributed by atoms with E-state index in [9.17, 15) is 13.2 Å². The van der Waals surface area contributed by atoms with Crippen LogP contribution in [0.4, 0.5) is 19.0 Å². The van der Waals surface area contributed by atoms with E-state index in [2.05, 4.69) is 9.97 Å². The van der Waals surface area contributed by atoms with Gasteiger partial charge in [-0.3, -0.25) is 4.98 Å². The third kappa shape index (κ3) is 2.52. The molecular formula is C11H8F3N3. The van der Waals surface area contributed by atoms with Crippen molar-refractivity contribution in [2.45, 2.75) is 6.18 Å². The molecule has 0 saturated carbocycles. The first-order valence-electron chi connectivity index (χ1n) is 4.72. The zero-order chi connectivity index (χ0) is 12.5. The number of anilines is 1. The maximum Gasteiger partial charge on any atom is 0.416 e. The summed E-state index contributed by atoms with van der Waals surface area (Å²) in [6, 6.07) is 4.92. The first-order chi connectivity index (χ1) is 7.97. The third-order valence-corrected chi connectivity index (χ3v) is 2.15. The molecule has 0 radical (unpaired) electrons. The highest BCUT2D eigenvalue weighted by Gasteiger charge is 2.31. The fraction of sp³-hybridized carbons (Fsp3) is 0.0909. The Kier molecular flexibility index (Phi) is 2.71. The number of aromatic nitrogens is 2. The smallest absolute Gasteiger partial charge is 0.384 e. The molecule has 17 heavy (non-hydrogen) atoms. The van der Waals surface area contributed by atoms with Gasteiger partial charge in [-0.25, -0.2) is 4.98 Å². The van der Waals surface area contributed by atoms with Gasteiger partial charge in [0.1, 0.15) is 5.82 Å². The van der Waals surface area contributed by atoms with Crippen LogP contribution >= 0.6 is 0 Å². The maximum atomic E-state index is 12.6. The first-order valence-corrected chi connectivity index (χ1v) is 4.72. The Labute approximate surface area is 95.1 Å². The Morgan fingerprint density at radius 3 is 2.29 bits per heavy atom. The lowest BCUT2D eigenvalue weighted by Gasteiger charge is -2.09. The summed E-state index contributed by atoms with van der Waals surface area (Å²) in [6.45, 7) is 0. The molecule has 3 nitrogen and oxygen atoms in total. The zero-order valence-electron chi connectivity index (χ0n) is 8.57. The molecule has 2 aromatic heterocycles. The van der Waals surface area contributed by atoms with Crippen LogP contribution in [-0.2, 0) is 6.18 Å². The van der Waals surface area contributed by atoms with E-state index >= 15 is 0 Å². The Balaban J connectivity index is 2.54. The molecule has 2 N–H and O–H groups in total. The average molecular weight is 239 g/mol. The lowest BCUT2D eigenvalue weighted by atomic mass is 10.1. The molecule has 0 bridgehead atoms. The molecule has 2 aromatic rings. The van der Waals surface area contributed by atoms with E-state index in [-0.39, 0.29) is 11.5 Å². The number of rotatable bonds is 1. The van der Waals surface area contributed by atoms with Crippen LogP contribution in [0.3, 0.4) is 0 Å². The normalized spacial score (nSPS) is 11.5. The highest BCUT2D eigenvalue weighted by Crippen LogP contribution is 2.32. The zero-order valence-corrected chi connectivity index (χ0v) is 8.57. The summed E-state index contributed by atoms with van der Waals surface area (Å²) in [5.41, 5.74) is 5.28. The number of nitrogen functional groups attached to an aromatic ring is 1. The van der Waals surface area contributed by atoms with E-state index in [1.165, 1.54) is 12.4 Å². The van der Waals surface area contributed by atoms with Crippen LogP contribution in [0.25, 0.3) is 11.3 Å². The molecule has 0 aliphatic carbocycles. The van der Waals surface area contributed by atoms with Gasteiger partial charge in [-0.15, -0.1) is 0 Å². The predicted molar refractivity (Wildman–Crippen MR) is 56.9 cm³/mol. The summed E-state index contributed by atoms with van der Waals surface area (Å²) in [6.07, 6.45) is -1.47. The van der Waals surface area contributed by atoms with Gasteiger partial charge >= 0.3 is 6.18 Å². The summed E-state index contributed by atoms with van der Waals surface area (Å²) in [7, 11) is 0. The molecule has 0 spiro atoms. The highest BCUT2D eigenvalue weighted by atomic mass is 19.4. The van der Waals surface area contributed by atoms with Gasteiger partial charge in [0.15, 0.2) is 0 Å². The van der Waals surface area contributed by atoms with Crippen molar-refractivity contribution in [2.24, 2.45) is 0 Å². The molecule has 0 atom stereocenters. The van der Waals surface area contributed by atoms with Crippen LogP contribution in [0.1, 0.15) is 5.56 Å². The fourth-order valence-electron chi connectivity index (χ4n) is 1.39. The van der Waals surface area contributed by atoms with E-state index in [1.807, 2.05) is 0 Å². The van der Waals surface area contributed by atoms with Crippen molar-refractivity contribution in [3.63, 3.8) is 0 Å². The molecular weight excluding hydrogens is 231 g/mol. The topological polar surface area (TPSA) is 51.8 Å². The fourth-order valence-corrected chi connectivity index (χ4v) is 1.39. The Hall–Kier alpha value is -2.11. The Bertz CT molecular complexity index is 523. The van der Waals surface area contributed by atoms with Crippen LogP contribution < -0.4 is 5.73 Å². The van der Waals surface area contributed by atoms with Crippen molar-refractivity contribution in [1.82, 2.24) is 9.97 Å². The minimum Gasteiger partial charge on any atom is -0.384 e. The molecule has 0 amide bonds. The van der Waals surface area contributed by atoms with Crippen LogP contribution in [0.15, 0.2) is 36.7 Å². The number of halogens is 3. The van der Waals surface area contributed by atoms with Crippen LogP contribution in [0.5, 0.6) is 0 Å². The van der Waals surface area contributed by atoms with Crippen LogP contribution in [-0.4, -0.2) is 9.97 Å². The summed E-state index contributed by atoms with van der Waals surface area (Å²) < 4.78 is 37.7. The number of nitrogens with two attached hydrogens (primary N) is 1. The summed E-state index contributed by atoms with van der Waals surface area (Å²) >= 11 is 0. The molecule has 2 rings (SSSR count). The van der Waals surface area contributed by atoms with Crippen molar-refractivity contribution in [2.75, 3.05) is 5.73 Å². The number of pyridine rings is 2. The molecule has 0 aromatic carbocycles. The van der Waals surface area contributed by atoms with Gasteiger partial charge in [0, 0.05) is 18.0 Å². The van der Waals surface area contributed by atoms with E-state index in [0.29, 0.717) is 5.56 Å². The largest absolute Gasteiger partial charge is 0.416 e. The SMILES string of the molecule is Nc1cc(C(F)(F)F)cc(-c2ccncc2)n1. The highest BCUT2D eigenvalue weighted by molar-refractivity contribution is 5.61. The Morgan fingerprint density at radius 1 is 1.06 bits per heavy atom. The predicted octanol–water partition coefficient (Wildman–Crippen LogP) is 2.74. The lowest BCUT2D eigenvalue weighted by Crippen LogP contribution is -2.07. The van der Waals surface area contributed by atoms with Crippen molar-refractivity contribution in [3.8, 4) is 11.3 Å². The molecule has 6 heteroatoms. The summed E-state index contributed by atoms with van der Waals surface area (Å²) in [5, 5.41) is 0. The first kappa shape index (κ1) is 11.4. The van der Waals surface area contributed by atoms with Gasteiger partial charge in [-0.1, -0.05) is 0 Å². The second kappa shape index (κ2) is 4.04. The lowest BCUT2D eigenvalue weighted by molar-refractivity contribution is -0.137. The van der Waals surface area contributed by atoms with Crippen LogP contribution in [0, 0.1) is 0 Å². The van der Waals surface area contributed by atoms with Crippen molar-refractivity contribution in [3.05, 3.63) is 42.2 Å². The van der Waals surface area contributed by atoms with Gasteiger partial charge in [-0.05, 0) is 24.3 Å². The van der Waals surface area contributed by atoms with Gasteiger partial charge in [-0.2, -0.15) is 13.2 Å². The number of nitrogens with zero attached hydrogens (tertiary/aromatic N) is 2. The number of hydrogen-bond donors (Lipinski definition) is 1. The van der Waals surface area contributed by atoms with Gasteiger partial charge in [0.25, 0.3) is 0 Å². The van der Waals surface area contributed by atoms with E-state index in [1.54, 1.807) is 12.1 Å². The van der Waals surface area contributed by atoms with E-state index in [0.717, 1.165) is 12.1 Å². The minimum absolute atomic E-state index is 0.161. The molecule has 0 aliphatic rings. The van der Waals surface area contributed by atoms with Crippen molar-refractivity contribution < 1.29 is 13.2 Å².